The van der Waals surface area contributed by atoms with Crippen molar-refractivity contribution in [2.75, 3.05) is 44.3 Å². The number of ether oxygens (including phenoxy) is 2. The molecule has 0 saturated carbocycles. The van der Waals surface area contributed by atoms with Crippen molar-refractivity contribution >= 4 is 11.6 Å². The van der Waals surface area contributed by atoms with E-state index in [-0.39, 0.29) is 12.0 Å². The number of amides is 1. The summed E-state index contributed by atoms with van der Waals surface area (Å²) < 4.78 is 11.2. The summed E-state index contributed by atoms with van der Waals surface area (Å²) in [5.74, 6) is 0.547. The summed E-state index contributed by atoms with van der Waals surface area (Å²) in [5, 5.41) is 0. The van der Waals surface area contributed by atoms with Crippen LogP contribution in [0.2, 0.25) is 0 Å². The number of carbonyl (C=O) groups is 1. The summed E-state index contributed by atoms with van der Waals surface area (Å²) in [6, 6.07) is 7.85. The Bertz CT molecular complexity index is 732. The smallest absolute Gasteiger partial charge is 0.253 e. The summed E-state index contributed by atoms with van der Waals surface area (Å²) >= 11 is 0. The van der Waals surface area contributed by atoms with E-state index in [4.69, 9.17) is 9.47 Å². The predicted octanol–water partition coefficient (Wildman–Crippen LogP) is 1.61. The van der Waals surface area contributed by atoms with Crippen LogP contribution in [0.15, 0.2) is 42.9 Å². The van der Waals surface area contributed by atoms with E-state index in [9.17, 15) is 4.79 Å². The molecule has 1 aromatic heterocycles. The molecule has 1 atom stereocenters. The van der Waals surface area contributed by atoms with Crippen molar-refractivity contribution < 1.29 is 14.3 Å². The van der Waals surface area contributed by atoms with Gasteiger partial charge in [-0.25, -0.2) is 4.98 Å². The molecule has 2 aliphatic heterocycles. The number of hydrogen-bond donors (Lipinski definition) is 0. The van der Waals surface area contributed by atoms with Crippen LogP contribution in [0.3, 0.4) is 0 Å². The van der Waals surface area contributed by atoms with Gasteiger partial charge >= 0.3 is 0 Å². The van der Waals surface area contributed by atoms with E-state index in [1.54, 1.807) is 18.6 Å². The first-order chi connectivity index (χ1) is 12.8. The topological polar surface area (TPSA) is 67.8 Å². The Morgan fingerprint density at radius 3 is 2.65 bits per heavy atom. The first-order valence-electron chi connectivity index (χ1n) is 8.94. The summed E-state index contributed by atoms with van der Waals surface area (Å²) in [6.45, 7) is 4.54. The van der Waals surface area contributed by atoms with Gasteiger partial charge in [0.25, 0.3) is 5.91 Å². The summed E-state index contributed by atoms with van der Waals surface area (Å²) in [6.07, 6.45) is 5.56. The van der Waals surface area contributed by atoms with Crippen LogP contribution in [0.25, 0.3) is 0 Å². The van der Waals surface area contributed by atoms with Gasteiger partial charge in [-0.1, -0.05) is 0 Å². The van der Waals surface area contributed by atoms with E-state index in [1.165, 1.54) is 0 Å². The zero-order valence-corrected chi connectivity index (χ0v) is 14.6. The Balaban J connectivity index is 1.35. The lowest BCUT2D eigenvalue weighted by atomic mass is 10.1. The Hall–Kier alpha value is -2.67. The molecule has 1 amide bonds. The van der Waals surface area contributed by atoms with Gasteiger partial charge in [-0.15, -0.1) is 0 Å². The van der Waals surface area contributed by atoms with Crippen molar-refractivity contribution in [1.29, 1.82) is 0 Å². The average Bonchev–Trinajstić information content (AvgIpc) is 3.17. The maximum Gasteiger partial charge on any atom is 0.253 e. The SMILES string of the molecule is O=C(c1ccc(N2CCOCC2)cc1)N1CC[C@H](Oc2cnccn2)C1. The highest BCUT2D eigenvalue weighted by molar-refractivity contribution is 5.94. The molecule has 0 radical (unpaired) electrons. The van der Waals surface area contributed by atoms with Gasteiger partial charge in [0, 0.05) is 49.7 Å². The van der Waals surface area contributed by atoms with E-state index >= 15 is 0 Å². The molecule has 7 heteroatoms. The van der Waals surface area contributed by atoms with E-state index in [0.29, 0.717) is 24.5 Å². The summed E-state index contributed by atoms with van der Waals surface area (Å²) in [4.78, 5) is 25.0. The fraction of sp³-hybridized carbons (Fsp3) is 0.421. The van der Waals surface area contributed by atoms with Crippen LogP contribution in [0.5, 0.6) is 5.88 Å². The fourth-order valence-corrected chi connectivity index (χ4v) is 3.34. The van der Waals surface area contributed by atoms with Gasteiger partial charge in [-0.05, 0) is 24.3 Å². The van der Waals surface area contributed by atoms with Crippen molar-refractivity contribution in [3.05, 3.63) is 48.4 Å². The molecule has 2 fully saturated rings. The monoisotopic (exact) mass is 354 g/mol. The molecule has 2 aromatic rings. The van der Waals surface area contributed by atoms with Crippen LogP contribution in [-0.2, 0) is 4.74 Å². The molecular weight excluding hydrogens is 332 g/mol. The highest BCUT2D eigenvalue weighted by Gasteiger charge is 2.28. The van der Waals surface area contributed by atoms with Crippen LogP contribution in [-0.4, -0.2) is 66.3 Å². The van der Waals surface area contributed by atoms with Crippen molar-refractivity contribution in [1.82, 2.24) is 14.9 Å². The number of carbonyl (C=O) groups excluding carboxylic acids is 1. The number of benzene rings is 1. The van der Waals surface area contributed by atoms with Crippen LogP contribution in [0.1, 0.15) is 16.8 Å². The van der Waals surface area contributed by atoms with E-state index in [0.717, 1.165) is 38.4 Å². The van der Waals surface area contributed by atoms with Crippen molar-refractivity contribution in [2.45, 2.75) is 12.5 Å². The Morgan fingerprint density at radius 2 is 1.92 bits per heavy atom. The number of morpholine rings is 1. The lowest BCUT2D eigenvalue weighted by Crippen LogP contribution is -2.36. The van der Waals surface area contributed by atoms with Gasteiger partial charge in [-0.3, -0.25) is 9.78 Å². The Morgan fingerprint density at radius 1 is 1.12 bits per heavy atom. The van der Waals surface area contributed by atoms with Crippen molar-refractivity contribution in [3.63, 3.8) is 0 Å². The second kappa shape index (κ2) is 7.70. The molecule has 4 rings (SSSR count). The number of hydrogen-bond acceptors (Lipinski definition) is 6. The molecule has 0 unspecified atom stereocenters. The fourth-order valence-electron chi connectivity index (χ4n) is 3.34. The van der Waals surface area contributed by atoms with Crippen LogP contribution >= 0.6 is 0 Å². The highest BCUT2D eigenvalue weighted by atomic mass is 16.5. The average molecular weight is 354 g/mol. The first-order valence-corrected chi connectivity index (χ1v) is 8.94. The third kappa shape index (κ3) is 3.77. The molecule has 7 nitrogen and oxygen atoms in total. The summed E-state index contributed by atoms with van der Waals surface area (Å²) in [5.41, 5.74) is 1.84. The van der Waals surface area contributed by atoms with Crippen LogP contribution < -0.4 is 9.64 Å². The van der Waals surface area contributed by atoms with Crippen molar-refractivity contribution in [3.8, 4) is 5.88 Å². The largest absolute Gasteiger partial charge is 0.471 e. The number of aromatic nitrogens is 2. The van der Waals surface area contributed by atoms with E-state index < -0.39 is 0 Å². The second-order valence-corrected chi connectivity index (χ2v) is 6.47. The minimum atomic E-state index is -0.0386. The lowest BCUT2D eigenvalue weighted by molar-refractivity contribution is 0.0771. The van der Waals surface area contributed by atoms with Crippen molar-refractivity contribution in [2.24, 2.45) is 0 Å². The number of nitrogens with zero attached hydrogens (tertiary/aromatic N) is 4. The molecule has 0 aliphatic carbocycles. The molecule has 26 heavy (non-hydrogen) atoms. The van der Waals surface area contributed by atoms with E-state index in [2.05, 4.69) is 14.9 Å². The van der Waals surface area contributed by atoms with Gasteiger partial charge < -0.3 is 19.3 Å². The Kier molecular flexibility index (Phi) is 4.97. The van der Waals surface area contributed by atoms with Crippen LogP contribution in [0.4, 0.5) is 5.69 Å². The summed E-state index contributed by atoms with van der Waals surface area (Å²) in [7, 11) is 0. The quantitative estimate of drug-likeness (QED) is 0.831. The van der Waals surface area contributed by atoms with E-state index in [1.807, 2.05) is 29.2 Å². The normalized spacial score (nSPS) is 20.2. The van der Waals surface area contributed by atoms with Gasteiger partial charge in [0.05, 0.1) is 26.0 Å². The maximum absolute atomic E-state index is 12.7. The molecule has 2 saturated heterocycles. The van der Waals surface area contributed by atoms with Gasteiger partial charge in [0.1, 0.15) is 6.10 Å². The zero-order chi connectivity index (χ0) is 17.8. The zero-order valence-electron chi connectivity index (χ0n) is 14.6. The number of rotatable bonds is 4. The maximum atomic E-state index is 12.7. The Labute approximate surface area is 152 Å². The molecule has 0 bridgehead atoms. The van der Waals surface area contributed by atoms with Gasteiger partial charge in [-0.2, -0.15) is 0 Å². The van der Waals surface area contributed by atoms with Gasteiger partial charge in [0.2, 0.25) is 5.88 Å². The number of likely N-dealkylation sites (tertiary alicyclic amines) is 1. The molecule has 3 heterocycles. The molecular formula is C19H22N4O3. The minimum Gasteiger partial charge on any atom is -0.471 e. The lowest BCUT2D eigenvalue weighted by Gasteiger charge is -2.29. The standard InChI is InChI=1S/C19H22N4O3/c24-19(15-1-3-16(4-2-15)22-9-11-25-12-10-22)23-8-5-17(14-23)26-18-13-20-6-7-21-18/h1-4,6-7,13,17H,5,8-12,14H2/t17-/m0/s1. The number of anilines is 1. The molecule has 2 aliphatic rings. The first kappa shape index (κ1) is 16.8. The second-order valence-electron chi connectivity index (χ2n) is 6.47. The third-order valence-electron chi connectivity index (χ3n) is 4.75. The molecule has 1 aromatic carbocycles. The highest BCUT2D eigenvalue weighted by Crippen LogP contribution is 2.21. The van der Waals surface area contributed by atoms with Crippen LogP contribution in [0, 0.1) is 0 Å². The molecule has 0 spiro atoms. The predicted molar refractivity (Wildman–Crippen MR) is 96.4 cm³/mol. The molecule has 136 valence electrons. The molecule has 0 N–H and O–H groups in total. The third-order valence-corrected chi connectivity index (χ3v) is 4.75. The van der Waals surface area contributed by atoms with Gasteiger partial charge in [0.15, 0.2) is 0 Å². The minimum absolute atomic E-state index is 0.0386.